The van der Waals surface area contributed by atoms with Crippen molar-refractivity contribution >= 4 is 17.9 Å². The van der Waals surface area contributed by atoms with E-state index in [1.807, 2.05) is 0 Å². The van der Waals surface area contributed by atoms with Crippen LogP contribution in [-0.4, -0.2) is 37.2 Å². The second-order valence-corrected chi connectivity index (χ2v) is 21.7. The molecular weight excluding hydrogens is 913 g/mol. The Morgan fingerprint density at radius 1 is 0.270 bits per heavy atom. The largest absolute Gasteiger partial charge is 0.462 e. The van der Waals surface area contributed by atoms with Crippen molar-refractivity contribution in [2.75, 3.05) is 13.2 Å². The van der Waals surface area contributed by atoms with Crippen LogP contribution < -0.4 is 0 Å². The van der Waals surface area contributed by atoms with Gasteiger partial charge in [0.15, 0.2) is 6.10 Å². The first-order valence-electron chi connectivity index (χ1n) is 32.3. The number of hydrogen-bond donors (Lipinski definition) is 0. The Bertz CT molecular complexity index is 1330. The second-order valence-electron chi connectivity index (χ2n) is 21.7. The molecule has 0 spiro atoms. The Hall–Kier alpha value is -2.89. The van der Waals surface area contributed by atoms with Crippen LogP contribution in [0.15, 0.2) is 60.8 Å². The maximum absolute atomic E-state index is 12.8. The number of carbonyl (C=O) groups is 3. The molecule has 6 heteroatoms. The molecule has 0 aromatic rings. The molecule has 0 N–H and O–H groups in total. The van der Waals surface area contributed by atoms with Crippen LogP contribution in [0, 0.1) is 0 Å². The van der Waals surface area contributed by atoms with Gasteiger partial charge in [0.2, 0.25) is 0 Å². The zero-order valence-electron chi connectivity index (χ0n) is 49.4. The molecule has 0 amide bonds. The number of hydrogen-bond acceptors (Lipinski definition) is 6. The minimum absolute atomic E-state index is 0.0775. The minimum atomic E-state index is -0.780. The zero-order chi connectivity index (χ0) is 53.6. The van der Waals surface area contributed by atoms with Gasteiger partial charge in [-0.15, -0.1) is 0 Å². The highest BCUT2D eigenvalue weighted by Gasteiger charge is 2.19. The molecule has 6 nitrogen and oxygen atoms in total. The van der Waals surface area contributed by atoms with Gasteiger partial charge < -0.3 is 14.2 Å². The molecule has 0 aliphatic carbocycles. The van der Waals surface area contributed by atoms with E-state index < -0.39 is 6.10 Å². The van der Waals surface area contributed by atoms with Gasteiger partial charge in [-0.3, -0.25) is 14.4 Å². The van der Waals surface area contributed by atoms with Crippen LogP contribution in [0.25, 0.3) is 0 Å². The summed E-state index contributed by atoms with van der Waals surface area (Å²) in [5, 5.41) is 0. The third-order valence-corrected chi connectivity index (χ3v) is 14.2. The van der Waals surface area contributed by atoms with Crippen molar-refractivity contribution in [3.63, 3.8) is 0 Å². The Labute approximate surface area is 460 Å². The number of esters is 3. The molecule has 0 bridgehead atoms. The first-order valence-corrected chi connectivity index (χ1v) is 32.3. The van der Waals surface area contributed by atoms with Crippen LogP contribution in [0.1, 0.15) is 335 Å². The first-order chi connectivity index (χ1) is 36.5. The Kier molecular flexibility index (Phi) is 60.2. The lowest BCUT2D eigenvalue weighted by atomic mass is 10.0. The summed E-state index contributed by atoms with van der Waals surface area (Å²) in [5.74, 6) is -0.882. The van der Waals surface area contributed by atoms with Crippen LogP contribution in [-0.2, 0) is 28.6 Å². The summed E-state index contributed by atoms with van der Waals surface area (Å²) in [6, 6.07) is 0. The molecule has 0 aromatic heterocycles. The third-order valence-electron chi connectivity index (χ3n) is 14.2. The van der Waals surface area contributed by atoms with Crippen molar-refractivity contribution in [1.82, 2.24) is 0 Å². The van der Waals surface area contributed by atoms with E-state index in [9.17, 15) is 14.4 Å². The molecule has 1 atom stereocenters. The topological polar surface area (TPSA) is 78.9 Å². The SMILES string of the molecule is CCCCC/C=C\CCCCCCCC(=O)OCC(COC(=O)CCCCCCCCCCCCCCCCCC/C=C\C/C=C\C/C=C\CCCCCCC)OC(=O)CCCCCCC/C=C\CCCCCC. The van der Waals surface area contributed by atoms with Crippen LogP contribution in [0.3, 0.4) is 0 Å². The van der Waals surface area contributed by atoms with E-state index in [-0.39, 0.29) is 31.1 Å². The molecule has 0 fully saturated rings. The number of rotatable bonds is 59. The fourth-order valence-corrected chi connectivity index (χ4v) is 9.32. The predicted octanol–water partition coefficient (Wildman–Crippen LogP) is 21.9. The lowest BCUT2D eigenvalue weighted by Crippen LogP contribution is -2.30. The van der Waals surface area contributed by atoms with Gasteiger partial charge in [-0.1, -0.05) is 268 Å². The highest BCUT2D eigenvalue weighted by molar-refractivity contribution is 5.71. The van der Waals surface area contributed by atoms with E-state index in [2.05, 4.69) is 81.5 Å². The predicted molar refractivity (Wildman–Crippen MR) is 321 cm³/mol. The van der Waals surface area contributed by atoms with Crippen molar-refractivity contribution in [3.8, 4) is 0 Å². The van der Waals surface area contributed by atoms with E-state index in [1.54, 1.807) is 0 Å². The van der Waals surface area contributed by atoms with Gasteiger partial charge >= 0.3 is 17.9 Å². The van der Waals surface area contributed by atoms with Crippen LogP contribution in [0.4, 0.5) is 0 Å². The summed E-state index contributed by atoms with van der Waals surface area (Å²) >= 11 is 0. The first kappa shape index (κ1) is 71.1. The highest BCUT2D eigenvalue weighted by Crippen LogP contribution is 2.17. The maximum Gasteiger partial charge on any atom is 0.306 e. The Balaban J connectivity index is 4.12. The number of unbranched alkanes of at least 4 members (excludes halogenated alkanes) is 38. The summed E-state index contributed by atoms with van der Waals surface area (Å²) in [6.07, 6.45) is 79.6. The molecule has 0 aliphatic rings. The second kappa shape index (κ2) is 62.6. The summed E-state index contributed by atoms with van der Waals surface area (Å²) < 4.78 is 16.9. The molecule has 0 saturated heterocycles. The molecule has 0 aliphatic heterocycles. The highest BCUT2D eigenvalue weighted by atomic mass is 16.6. The smallest absolute Gasteiger partial charge is 0.306 e. The molecule has 0 rings (SSSR count). The molecule has 0 saturated carbocycles. The maximum atomic E-state index is 12.8. The van der Waals surface area contributed by atoms with Crippen molar-refractivity contribution in [2.24, 2.45) is 0 Å². The number of carbonyl (C=O) groups excluding carboxylic acids is 3. The number of allylic oxidation sites excluding steroid dienone is 10. The average Bonchev–Trinajstić information content (AvgIpc) is 3.40. The molecule has 1 unspecified atom stereocenters. The molecular formula is C68H122O6. The average molecular weight is 1040 g/mol. The number of ether oxygens (including phenoxy) is 3. The van der Waals surface area contributed by atoms with E-state index >= 15 is 0 Å². The summed E-state index contributed by atoms with van der Waals surface area (Å²) in [5.41, 5.74) is 0. The van der Waals surface area contributed by atoms with Gasteiger partial charge in [-0.25, -0.2) is 0 Å². The Morgan fingerprint density at radius 3 is 0.811 bits per heavy atom. The zero-order valence-corrected chi connectivity index (χ0v) is 49.4. The van der Waals surface area contributed by atoms with E-state index in [4.69, 9.17) is 14.2 Å². The third kappa shape index (κ3) is 60.0. The van der Waals surface area contributed by atoms with E-state index in [0.29, 0.717) is 19.3 Å². The van der Waals surface area contributed by atoms with Gasteiger partial charge in [0.05, 0.1) is 0 Å². The van der Waals surface area contributed by atoms with Crippen molar-refractivity contribution in [1.29, 1.82) is 0 Å². The van der Waals surface area contributed by atoms with Gasteiger partial charge in [-0.2, -0.15) is 0 Å². The monoisotopic (exact) mass is 1030 g/mol. The fourth-order valence-electron chi connectivity index (χ4n) is 9.32. The molecule has 74 heavy (non-hydrogen) atoms. The molecule has 0 heterocycles. The molecule has 0 radical (unpaired) electrons. The van der Waals surface area contributed by atoms with Gasteiger partial charge in [0, 0.05) is 19.3 Å². The van der Waals surface area contributed by atoms with Crippen LogP contribution in [0.5, 0.6) is 0 Å². The molecule has 430 valence electrons. The van der Waals surface area contributed by atoms with E-state index in [0.717, 1.165) is 89.9 Å². The van der Waals surface area contributed by atoms with Crippen molar-refractivity contribution < 1.29 is 28.6 Å². The normalized spacial score (nSPS) is 12.4. The minimum Gasteiger partial charge on any atom is -0.462 e. The van der Waals surface area contributed by atoms with Gasteiger partial charge in [0.1, 0.15) is 13.2 Å². The lowest BCUT2D eigenvalue weighted by Gasteiger charge is -2.18. The van der Waals surface area contributed by atoms with Crippen molar-refractivity contribution in [3.05, 3.63) is 60.8 Å². The van der Waals surface area contributed by atoms with Gasteiger partial charge in [0.25, 0.3) is 0 Å². The van der Waals surface area contributed by atoms with E-state index in [1.165, 1.54) is 205 Å². The standard InChI is InChI=1S/C68H122O6/c1-4-7-10-13-16-19-22-25-26-27-28-29-30-31-32-33-34-35-36-37-38-39-40-41-42-44-46-49-52-55-58-61-67(70)73-64-65(63-72-66(69)60-57-54-51-48-45-24-21-18-15-12-9-6-3)74-68(71)62-59-56-53-50-47-43-23-20-17-14-11-8-5-2/h18,20-23,25,27-28,30-31,65H,4-17,19,24,26,29,32-64H2,1-3H3/b21-18-,23-20-,25-22-,28-27-,31-30-. The summed E-state index contributed by atoms with van der Waals surface area (Å²) in [7, 11) is 0. The fraction of sp³-hybridized carbons (Fsp3) is 0.809. The van der Waals surface area contributed by atoms with Crippen LogP contribution >= 0.6 is 0 Å². The lowest BCUT2D eigenvalue weighted by molar-refractivity contribution is -0.167. The quantitative estimate of drug-likeness (QED) is 0.0261. The summed E-state index contributed by atoms with van der Waals surface area (Å²) in [4.78, 5) is 38.2. The van der Waals surface area contributed by atoms with Crippen molar-refractivity contribution in [2.45, 2.75) is 341 Å². The molecule has 0 aromatic carbocycles. The van der Waals surface area contributed by atoms with Gasteiger partial charge in [-0.05, 0) is 109 Å². The Morgan fingerprint density at radius 2 is 0.486 bits per heavy atom. The summed E-state index contributed by atoms with van der Waals surface area (Å²) in [6.45, 7) is 6.61. The van der Waals surface area contributed by atoms with Crippen LogP contribution in [0.2, 0.25) is 0 Å².